The van der Waals surface area contributed by atoms with Gasteiger partial charge in [0.25, 0.3) is 11.6 Å². The molecule has 6 heterocycles. The molecular weight excluding hydrogens is 1330 g/mol. The van der Waals surface area contributed by atoms with Gasteiger partial charge < -0.3 is 170 Å². The Morgan fingerprint density at radius 3 is 1.32 bits per heavy atom. The fourth-order valence-electron chi connectivity index (χ4n) is 11.4. The van der Waals surface area contributed by atoms with Crippen LogP contribution in [0.5, 0.6) is 0 Å². The van der Waals surface area contributed by atoms with Gasteiger partial charge in [-0.2, -0.15) is 8.42 Å². The lowest BCUT2D eigenvalue weighted by Crippen LogP contribution is -2.70. The van der Waals surface area contributed by atoms with E-state index in [1.165, 1.54) is 0 Å². The molecule has 548 valence electrons. The molecule has 0 radical (unpaired) electrons. The average Bonchev–Trinajstić information content (AvgIpc) is 0.785. The quantitative estimate of drug-likeness (QED) is 0.0324. The zero-order valence-electron chi connectivity index (χ0n) is 50.5. The minimum absolute atomic E-state index is 0.833. The third kappa shape index (κ3) is 18.7. The first-order chi connectivity index (χ1) is 44.2. The first-order valence-corrected chi connectivity index (χ1v) is 30.4. The summed E-state index contributed by atoms with van der Waals surface area (Å²) in [5, 5.41) is 216. The molecule has 0 aromatic heterocycles. The standard InChI is InChI=1S/C50H82N4O40S/c1-13(58)51-25-17(62)5-49(47(76)77,93-40(25)29(66)19(64)7-55)83-10-22-31(68)35(72)36(73)45(88-22)90-38-24(12-85-95(80,81)82)89-44(27(34(38)71)53-15(3)60)92-42-32(69)21(9-57)87-46(37(42)74)91-39-28(54-16(4)61)43(75)86-23(33(39)70)11-84-50(48(78)79)6-18(63)26(52-14(2)59)41(94-50)30(67)20(65)8-56/h17-46,55-57,62-75H,5-12H2,1-4H3,(H,51,58)(H,52,59)(H,53,60)(H,54,61)(H,76,77)(H,78,79)(H,80,81,82)/t17-,18-,19+,20+,21+,22+,23+,24+,25+,26+,27+,28+,29+,30+,31-,32-,33-,34+,35-,36+,37+,38+,39+,40+,41+,42-,43+,44-,45-,46-,49+,50+/m0/s1. The number of carboxylic acid groups (broad SMARTS) is 2. The number of nitrogens with one attached hydrogen (secondary N) is 4. The minimum atomic E-state index is -5.52. The Kier molecular flexibility index (Phi) is 27.8. The molecule has 6 aliphatic rings. The van der Waals surface area contributed by atoms with Crippen molar-refractivity contribution in [2.45, 2.75) is 236 Å². The summed E-state index contributed by atoms with van der Waals surface area (Å²) in [6, 6.07) is -7.35. The second-order valence-corrected chi connectivity index (χ2v) is 24.2. The van der Waals surface area contributed by atoms with Crippen molar-refractivity contribution in [2.75, 3.05) is 39.6 Å². The maximum absolute atomic E-state index is 12.9. The predicted molar refractivity (Wildman–Crippen MR) is 290 cm³/mol. The van der Waals surface area contributed by atoms with Gasteiger partial charge in [0, 0.05) is 40.5 Å². The summed E-state index contributed by atoms with van der Waals surface area (Å²) in [7, 11) is -5.52. The highest BCUT2D eigenvalue weighted by molar-refractivity contribution is 7.80. The number of carbonyl (C=O) groups is 6. The largest absolute Gasteiger partial charge is 0.477 e. The monoisotopic (exact) mass is 1410 g/mol. The second-order valence-electron chi connectivity index (χ2n) is 23.2. The van der Waals surface area contributed by atoms with Gasteiger partial charge in [-0.05, 0) is 0 Å². The third-order valence-corrected chi connectivity index (χ3v) is 16.6. The molecule has 45 heteroatoms. The van der Waals surface area contributed by atoms with Crippen molar-refractivity contribution < 1.29 is 195 Å². The molecule has 6 aliphatic heterocycles. The Morgan fingerprint density at radius 2 is 0.874 bits per heavy atom. The van der Waals surface area contributed by atoms with Crippen molar-refractivity contribution in [1.82, 2.24) is 21.3 Å². The number of amides is 4. The fraction of sp³-hybridized carbons (Fsp3) is 0.880. The lowest BCUT2D eigenvalue weighted by Gasteiger charge is -2.50. The molecule has 24 N–H and O–H groups in total. The molecule has 0 spiro atoms. The highest BCUT2D eigenvalue weighted by Gasteiger charge is 2.61. The van der Waals surface area contributed by atoms with E-state index < -0.39 is 294 Å². The molecule has 32 atom stereocenters. The molecule has 0 unspecified atom stereocenters. The molecule has 6 rings (SSSR count). The number of rotatable bonds is 28. The van der Waals surface area contributed by atoms with Crippen LogP contribution in [0.2, 0.25) is 0 Å². The van der Waals surface area contributed by atoms with Crippen molar-refractivity contribution in [3.05, 3.63) is 0 Å². The van der Waals surface area contributed by atoms with Gasteiger partial charge in [0.05, 0.1) is 63.9 Å². The predicted octanol–water partition coefficient (Wildman–Crippen LogP) is -15.3. The summed E-state index contributed by atoms with van der Waals surface area (Å²) in [4.78, 5) is 75.2. The Morgan fingerprint density at radius 1 is 0.474 bits per heavy atom. The Balaban J connectivity index is 1.26. The van der Waals surface area contributed by atoms with Crippen LogP contribution in [0, 0.1) is 0 Å². The van der Waals surface area contributed by atoms with Gasteiger partial charge in [0.1, 0.15) is 134 Å². The molecule has 6 fully saturated rings. The third-order valence-electron chi connectivity index (χ3n) is 16.2. The van der Waals surface area contributed by atoms with E-state index in [-0.39, 0.29) is 0 Å². The lowest BCUT2D eigenvalue weighted by atomic mass is 9.88. The summed E-state index contributed by atoms with van der Waals surface area (Å²) in [5.41, 5.74) is 0. The highest BCUT2D eigenvalue weighted by Crippen LogP contribution is 2.39. The molecule has 0 bridgehead atoms. The van der Waals surface area contributed by atoms with Crippen LogP contribution >= 0.6 is 0 Å². The van der Waals surface area contributed by atoms with Crippen molar-refractivity contribution in [3.63, 3.8) is 0 Å². The fourth-order valence-corrected chi connectivity index (χ4v) is 11.8. The van der Waals surface area contributed by atoms with Crippen molar-refractivity contribution in [2.24, 2.45) is 0 Å². The molecule has 95 heavy (non-hydrogen) atoms. The molecule has 0 saturated carbocycles. The minimum Gasteiger partial charge on any atom is -0.477 e. The zero-order chi connectivity index (χ0) is 71.3. The normalized spacial score (nSPS) is 42.3. The van der Waals surface area contributed by atoms with E-state index in [4.69, 9.17) is 52.1 Å². The van der Waals surface area contributed by atoms with E-state index in [9.17, 15) is 139 Å². The summed E-state index contributed by atoms with van der Waals surface area (Å²) in [6.07, 6.45) is -59.8. The number of carboxylic acids is 2. The van der Waals surface area contributed by atoms with Crippen LogP contribution in [-0.4, -0.2) is 380 Å². The van der Waals surface area contributed by atoms with E-state index >= 15 is 0 Å². The van der Waals surface area contributed by atoms with Gasteiger partial charge in [0.2, 0.25) is 23.6 Å². The molecule has 6 saturated heterocycles. The van der Waals surface area contributed by atoms with Gasteiger partial charge in [-0.3, -0.25) is 23.7 Å². The molecule has 44 nitrogen and oxygen atoms in total. The van der Waals surface area contributed by atoms with Crippen LogP contribution in [0.25, 0.3) is 0 Å². The number of ether oxygens (including phenoxy) is 11. The van der Waals surface area contributed by atoms with E-state index in [0.29, 0.717) is 0 Å². The van der Waals surface area contributed by atoms with Crippen LogP contribution in [0.1, 0.15) is 40.5 Å². The average molecular weight is 1410 g/mol. The van der Waals surface area contributed by atoms with Gasteiger partial charge in [-0.25, -0.2) is 13.8 Å². The molecular formula is C50H82N4O40S. The maximum Gasteiger partial charge on any atom is 0.397 e. The summed E-state index contributed by atoms with van der Waals surface area (Å²) in [6.45, 7) is -3.70. The van der Waals surface area contributed by atoms with Crippen LogP contribution in [0.15, 0.2) is 0 Å². The Bertz CT molecular complexity index is 2710. The smallest absolute Gasteiger partial charge is 0.397 e. The van der Waals surface area contributed by atoms with E-state index in [2.05, 4.69) is 25.5 Å². The maximum atomic E-state index is 12.9. The van der Waals surface area contributed by atoms with Gasteiger partial charge in [-0.15, -0.1) is 0 Å². The van der Waals surface area contributed by atoms with Crippen LogP contribution in [-0.2, 0) is 95.5 Å². The molecule has 0 aromatic carbocycles. The Hall–Kier alpha value is -4.43. The molecule has 0 aromatic rings. The number of aliphatic hydroxyl groups is 17. The zero-order valence-corrected chi connectivity index (χ0v) is 51.3. The summed E-state index contributed by atoms with van der Waals surface area (Å²) < 4.78 is 101. The molecule has 4 amide bonds. The number of hydrogen-bond donors (Lipinski definition) is 24. The first-order valence-electron chi connectivity index (χ1n) is 29.0. The first kappa shape index (κ1) is 79.6. The van der Waals surface area contributed by atoms with Crippen LogP contribution < -0.4 is 21.3 Å². The van der Waals surface area contributed by atoms with E-state index in [1.54, 1.807) is 0 Å². The number of aliphatic hydroxyl groups excluding tert-OH is 17. The Labute approximate surface area is 536 Å². The lowest BCUT2D eigenvalue weighted by molar-refractivity contribution is -0.378. The van der Waals surface area contributed by atoms with Gasteiger partial charge in [0.15, 0.2) is 25.2 Å². The van der Waals surface area contributed by atoms with Gasteiger partial charge in [-0.1, -0.05) is 0 Å². The summed E-state index contributed by atoms with van der Waals surface area (Å²) in [5.74, 6) is -13.9. The number of aliphatic carboxylic acids is 2. The van der Waals surface area contributed by atoms with E-state index in [1.807, 2.05) is 0 Å². The molecule has 0 aliphatic carbocycles. The SMILES string of the molecule is CC(=O)N[C@@H]1[C@@H](O[C@@H]2O[C@H](CO)[C@H](O)[C@H](O[C@@H]3O[C@H](COS(=O)(=O)O)[C@@H](O[C@@H]4O[C@H](CO[C@]5(C(=O)O)C[C@H](O)[C@@H](NC(C)=O)[C@H]([C@H](O)[C@H](O)CO)O5)[C@H](O)[C@H](O)[C@H]4O)[C@H](O)[C@H]3NC(C)=O)[C@H]2O)[C@@H](O)[C@@H](CO[C@]2(C(=O)O)C[C@H](O)[C@@H](NC(C)=O)[C@H]([C@H](O)[C@H](O)CO)O2)O[C@H]1O. The second kappa shape index (κ2) is 33.2. The number of carbonyl (C=O) groups excluding carboxylic acids is 4. The van der Waals surface area contributed by atoms with Crippen molar-refractivity contribution >= 4 is 46.0 Å². The van der Waals surface area contributed by atoms with Crippen molar-refractivity contribution in [1.29, 1.82) is 0 Å². The van der Waals surface area contributed by atoms with E-state index in [0.717, 1.165) is 27.7 Å². The van der Waals surface area contributed by atoms with Crippen LogP contribution in [0.4, 0.5) is 0 Å². The topological polar surface area (TPSA) is 700 Å². The highest BCUT2D eigenvalue weighted by atomic mass is 32.3. The summed E-state index contributed by atoms with van der Waals surface area (Å²) >= 11 is 0. The van der Waals surface area contributed by atoms with Crippen molar-refractivity contribution in [3.8, 4) is 0 Å². The van der Waals surface area contributed by atoms with Crippen LogP contribution in [0.3, 0.4) is 0 Å². The van der Waals surface area contributed by atoms with Gasteiger partial charge >= 0.3 is 22.3 Å². The number of hydrogen-bond acceptors (Lipinski definition) is 37.